The second kappa shape index (κ2) is 7.94. The van der Waals surface area contributed by atoms with Crippen molar-refractivity contribution < 1.29 is 18.7 Å². The van der Waals surface area contributed by atoms with Crippen molar-refractivity contribution in [1.29, 1.82) is 0 Å². The van der Waals surface area contributed by atoms with E-state index in [0.717, 1.165) is 5.56 Å². The second-order valence-corrected chi connectivity index (χ2v) is 6.94. The van der Waals surface area contributed by atoms with E-state index in [1.165, 1.54) is 18.5 Å². The summed E-state index contributed by atoms with van der Waals surface area (Å²) in [5.74, 6) is -1.31. The minimum absolute atomic E-state index is 0.114. The predicted molar refractivity (Wildman–Crippen MR) is 111 cm³/mol. The van der Waals surface area contributed by atoms with Gasteiger partial charge in [0.05, 0.1) is 23.2 Å². The van der Waals surface area contributed by atoms with E-state index < -0.39 is 11.8 Å². The Bertz CT molecular complexity index is 1250. The van der Waals surface area contributed by atoms with Crippen LogP contribution >= 0.6 is 0 Å². The Balaban J connectivity index is 1.85. The molecule has 7 heteroatoms. The van der Waals surface area contributed by atoms with Gasteiger partial charge in [-0.2, -0.15) is 0 Å². The van der Waals surface area contributed by atoms with Crippen LogP contribution in [-0.4, -0.2) is 39.8 Å². The quantitative estimate of drug-likeness (QED) is 0.470. The standard InChI is InChI=1S/C23H20FN3O3/c1-3-30-23(29)21-20-12-18(22(28)26(2)13-15-7-5-4-6-8-15)17-11-16(24)9-10-19(17)27(20)14-25-21/h4-12,14H,3,13H2,1-2H3. The van der Waals surface area contributed by atoms with Gasteiger partial charge in [-0.05, 0) is 36.8 Å². The lowest BCUT2D eigenvalue weighted by Gasteiger charge is -2.19. The van der Waals surface area contributed by atoms with Gasteiger partial charge < -0.3 is 9.64 Å². The molecule has 0 atom stereocenters. The molecule has 0 aliphatic carbocycles. The number of hydrogen-bond acceptors (Lipinski definition) is 4. The van der Waals surface area contributed by atoms with Crippen molar-refractivity contribution in [2.75, 3.05) is 13.7 Å². The molecule has 0 N–H and O–H groups in total. The molecule has 0 aliphatic heterocycles. The topological polar surface area (TPSA) is 63.9 Å². The van der Waals surface area contributed by atoms with E-state index in [0.29, 0.717) is 28.5 Å². The van der Waals surface area contributed by atoms with Crippen molar-refractivity contribution in [3.63, 3.8) is 0 Å². The number of amides is 1. The van der Waals surface area contributed by atoms with Crippen molar-refractivity contribution in [3.8, 4) is 0 Å². The van der Waals surface area contributed by atoms with E-state index in [-0.39, 0.29) is 18.2 Å². The van der Waals surface area contributed by atoms with Gasteiger partial charge in [0.15, 0.2) is 5.69 Å². The molecule has 1 amide bonds. The van der Waals surface area contributed by atoms with Crippen LogP contribution in [0, 0.1) is 5.82 Å². The van der Waals surface area contributed by atoms with Gasteiger partial charge in [0.25, 0.3) is 5.91 Å². The number of aromatic nitrogens is 2. The molecule has 30 heavy (non-hydrogen) atoms. The van der Waals surface area contributed by atoms with E-state index in [4.69, 9.17) is 4.74 Å². The van der Waals surface area contributed by atoms with E-state index in [1.54, 1.807) is 35.4 Å². The van der Waals surface area contributed by atoms with Crippen LogP contribution in [0.3, 0.4) is 0 Å². The molecule has 0 fully saturated rings. The Kier molecular flexibility index (Phi) is 5.18. The minimum Gasteiger partial charge on any atom is -0.461 e. The lowest BCUT2D eigenvalue weighted by atomic mass is 10.1. The number of rotatable bonds is 5. The molecule has 0 bridgehead atoms. The minimum atomic E-state index is -0.572. The summed E-state index contributed by atoms with van der Waals surface area (Å²) in [5, 5.41) is 0.445. The summed E-state index contributed by atoms with van der Waals surface area (Å²) in [4.78, 5) is 31.3. The molecule has 2 heterocycles. The number of pyridine rings is 1. The molecule has 6 nitrogen and oxygen atoms in total. The number of fused-ring (bicyclic) bond motifs is 3. The third kappa shape index (κ3) is 3.50. The lowest BCUT2D eigenvalue weighted by molar-refractivity contribution is 0.0522. The summed E-state index contributed by atoms with van der Waals surface area (Å²) < 4.78 is 20.8. The zero-order chi connectivity index (χ0) is 21.3. The Morgan fingerprint density at radius 3 is 2.60 bits per heavy atom. The number of esters is 1. The lowest BCUT2D eigenvalue weighted by Crippen LogP contribution is -2.26. The Hall–Kier alpha value is -3.74. The first kappa shape index (κ1) is 19.6. The van der Waals surface area contributed by atoms with E-state index in [1.807, 2.05) is 30.3 Å². The highest BCUT2D eigenvalue weighted by molar-refractivity contribution is 6.09. The van der Waals surface area contributed by atoms with Crippen molar-refractivity contribution in [2.45, 2.75) is 13.5 Å². The highest BCUT2D eigenvalue weighted by Gasteiger charge is 2.22. The maximum atomic E-state index is 14.0. The number of imidazole rings is 1. The number of carbonyl (C=O) groups excluding carboxylic acids is 2. The van der Waals surface area contributed by atoms with Gasteiger partial charge in [-0.25, -0.2) is 14.2 Å². The summed E-state index contributed by atoms with van der Waals surface area (Å²) >= 11 is 0. The average Bonchev–Trinajstić information content (AvgIpc) is 3.17. The Labute approximate surface area is 172 Å². The second-order valence-electron chi connectivity index (χ2n) is 6.94. The van der Waals surface area contributed by atoms with Crippen LogP contribution in [0.5, 0.6) is 0 Å². The van der Waals surface area contributed by atoms with Crippen LogP contribution in [0.15, 0.2) is 60.9 Å². The molecule has 0 aliphatic rings. The van der Waals surface area contributed by atoms with Gasteiger partial charge in [-0.3, -0.25) is 9.20 Å². The third-order valence-corrected chi connectivity index (χ3v) is 4.90. The van der Waals surface area contributed by atoms with Crippen molar-refractivity contribution in [1.82, 2.24) is 14.3 Å². The third-order valence-electron chi connectivity index (χ3n) is 4.90. The summed E-state index contributed by atoms with van der Waals surface area (Å²) in [5.41, 5.74) is 2.39. The molecule has 0 spiro atoms. The molecule has 2 aromatic heterocycles. The number of nitrogens with zero attached hydrogens (tertiary/aromatic N) is 3. The summed E-state index contributed by atoms with van der Waals surface area (Å²) in [6.45, 7) is 2.32. The predicted octanol–water partition coefficient (Wildman–Crippen LogP) is 4.08. The first-order chi connectivity index (χ1) is 14.5. The highest BCUT2D eigenvalue weighted by Crippen LogP contribution is 2.26. The van der Waals surface area contributed by atoms with Gasteiger partial charge in [0, 0.05) is 19.0 Å². The fourth-order valence-electron chi connectivity index (χ4n) is 3.50. The van der Waals surface area contributed by atoms with Gasteiger partial charge in [0.1, 0.15) is 12.1 Å². The molecular formula is C23H20FN3O3. The number of ether oxygens (including phenoxy) is 1. The van der Waals surface area contributed by atoms with Crippen LogP contribution in [0.2, 0.25) is 0 Å². The molecule has 0 saturated carbocycles. The summed E-state index contributed by atoms with van der Waals surface area (Å²) in [6, 6.07) is 15.4. The number of hydrogen-bond donors (Lipinski definition) is 0. The number of benzene rings is 2. The summed E-state index contributed by atoms with van der Waals surface area (Å²) in [7, 11) is 1.69. The van der Waals surface area contributed by atoms with E-state index in [2.05, 4.69) is 4.98 Å². The molecular weight excluding hydrogens is 385 g/mol. The van der Waals surface area contributed by atoms with Crippen LogP contribution in [0.4, 0.5) is 4.39 Å². The molecule has 0 unspecified atom stereocenters. The van der Waals surface area contributed by atoms with E-state index >= 15 is 0 Å². The van der Waals surface area contributed by atoms with Gasteiger partial charge in [-0.1, -0.05) is 30.3 Å². The summed E-state index contributed by atoms with van der Waals surface area (Å²) in [6.07, 6.45) is 1.48. The molecule has 152 valence electrons. The van der Waals surface area contributed by atoms with Crippen molar-refractivity contribution in [3.05, 3.63) is 83.6 Å². The molecule has 0 saturated heterocycles. The van der Waals surface area contributed by atoms with Crippen molar-refractivity contribution in [2.24, 2.45) is 0 Å². The van der Waals surface area contributed by atoms with Crippen LogP contribution < -0.4 is 0 Å². The number of halogens is 1. The fourth-order valence-corrected chi connectivity index (χ4v) is 3.50. The first-order valence-electron chi connectivity index (χ1n) is 9.55. The molecule has 0 radical (unpaired) electrons. The Morgan fingerprint density at radius 2 is 1.87 bits per heavy atom. The SMILES string of the molecule is CCOC(=O)c1ncn2c1cc(C(=O)N(C)Cc1ccccc1)c1cc(F)ccc12. The van der Waals surface area contributed by atoms with Gasteiger partial charge in [0.2, 0.25) is 0 Å². The smallest absolute Gasteiger partial charge is 0.359 e. The molecule has 2 aromatic carbocycles. The van der Waals surface area contributed by atoms with Crippen LogP contribution in [0.25, 0.3) is 16.4 Å². The largest absolute Gasteiger partial charge is 0.461 e. The van der Waals surface area contributed by atoms with Gasteiger partial charge >= 0.3 is 5.97 Å². The van der Waals surface area contributed by atoms with Gasteiger partial charge in [-0.15, -0.1) is 0 Å². The zero-order valence-corrected chi connectivity index (χ0v) is 16.6. The zero-order valence-electron chi connectivity index (χ0n) is 16.6. The Morgan fingerprint density at radius 1 is 1.10 bits per heavy atom. The maximum absolute atomic E-state index is 14.0. The average molecular weight is 405 g/mol. The number of carbonyl (C=O) groups is 2. The highest BCUT2D eigenvalue weighted by atomic mass is 19.1. The first-order valence-corrected chi connectivity index (χ1v) is 9.55. The molecule has 4 aromatic rings. The fraction of sp³-hybridized carbons (Fsp3) is 0.174. The van der Waals surface area contributed by atoms with Crippen LogP contribution in [-0.2, 0) is 11.3 Å². The van der Waals surface area contributed by atoms with E-state index in [9.17, 15) is 14.0 Å². The maximum Gasteiger partial charge on any atom is 0.359 e. The van der Waals surface area contributed by atoms with Crippen molar-refractivity contribution >= 4 is 28.3 Å². The monoisotopic (exact) mass is 405 g/mol. The normalized spacial score (nSPS) is 11.0. The molecule has 4 rings (SSSR count). The van der Waals surface area contributed by atoms with Crippen LogP contribution in [0.1, 0.15) is 33.3 Å².